The Morgan fingerprint density at radius 2 is 1.95 bits per heavy atom. The predicted octanol–water partition coefficient (Wildman–Crippen LogP) is 5.22. The number of allylic oxidation sites excluding steroid dienone is 1. The van der Waals surface area contributed by atoms with Crippen LogP contribution in [-0.4, -0.2) is 12.6 Å². The molecule has 0 aromatic heterocycles. The van der Waals surface area contributed by atoms with Crippen LogP contribution in [0.1, 0.15) is 63.9 Å². The van der Waals surface area contributed by atoms with Gasteiger partial charge in [-0.15, -0.1) is 6.58 Å². The molecule has 1 N–H and O–H groups in total. The first-order valence-corrected chi connectivity index (χ1v) is 8.73. The summed E-state index contributed by atoms with van der Waals surface area (Å²) in [7, 11) is 0. The standard InChI is InChI=1S/C20H31N/c1-3-5-7-14-19(21-17-4-2)20(15-10-11-16-20)18-12-8-6-9-13-18/h3,6,8-9,12-13,19,21H,1,4-5,7,10-11,14-17H2,2H3. The Labute approximate surface area is 130 Å². The van der Waals surface area contributed by atoms with E-state index in [9.17, 15) is 0 Å². The Morgan fingerprint density at radius 1 is 1.24 bits per heavy atom. The summed E-state index contributed by atoms with van der Waals surface area (Å²) in [6, 6.07) is 11.9. The van der Waals surface area contributed by atoms with E-state index in [1.165, 1.54) is 44.9 Å². The van der Waals surface area contributed by atoms with Crippen LogP contribution in [-0.2, 0) is 5.41 Å². The third-order valence-corrected chi connectivity index (χ3v) is 5.05. The lowest BCUT2D eigenvalue weighted by molar-refractivity contribution is 0.277. The van der Waals surface area contributed by atoms with Crippen molar-refractivity contribution >= 4 is 0 Å². The highest BCUT2D eigenvalue weighted by molar-refractivity contribution is 5.29. The van der Waals surface area contributed by atoms with Crippen LogP contribution >= 0.6 is 0 Å². The quantitative estimate of drug-likeness (QED) is 0.484. The van der Waals surface area contributed by atoms with E-state index in [4.69, 9.17) is 0 Å². The van der Waals surface area contributed by atoms with Crippen molar-refractivity contribution in [3.05, 3.63) is 48.6 Å². The molecule has 0 aliphatic heterocycles. The largest absolute Gasteiger partial charge is 0.313 e. The Balaban J connectivity index is 2.20. The summed E-state index contributed by atoms with van der Waals surface area (Å²) in [4.78, 5) is 0. The molecule has 0 amide bonds. The summed E-state index contributed by atoms with van der Waals surface area (Å²) in [5.41, 5.74) is 1.91. The molecule has 0 bridgehead atoms. The van der Waals surface area contributed by atoms with Gasteiger partial charge in [-0.25, -0.2) is 0 Å². The first kappa shape index (κ1) is 16.3. The van der Waals surface area contributed by atoms with Gasteiger partial charge in [-0.3, -0.25) is 0 Å². The van der Waals surface area contributed by atoms with Gasteiger partial charge in [0.15, 0.2) is 0 Å². The van der Waals surface area contributed by atoms with Crippen LogP contribution in [0.25, 0.3) is 0 Å². The van der Waals surface area contributed by atoms with Crippen LogP contribution in [0.5, 0.6) is 0 Å². The molecule has 1 nitrogen and oxygen atoms in total. The molecule has 0 saturated heterocycles. The molecular formula is C20H31N. The summed E-state index contributed by atoms with van der Waals surface area (Å²) in [6.45, 7) is 7.27. The SMILES string of the molecule is C=CCCCC(NCCC)C1(c2ccccc2)CCCC1. The van der Waals surface area contributed by atoms with Crippen molar-refractivity contribution in [2.24, 2.45) is 0 Å². The van der Waals surface area contributed by atoms with Crippen molar-refractivity contribution < 1.29 is 0 Å². The highest BCUT2D eigenvalue weighted by atomic mass is 14.9. The topological polar surface area (TPSA) is 12.0 Å². The molecule has 1 saturated carbocycles. The Morgan fingerprint density at radius 3 is 2.57 bits per heavy atom. The van der Waals surface area contributed by atoms with Gasteiger partial charge in [0.2, 0.25) is 0 Å². The van der Waals surface area contributed by atoms with Gasteiger partial charge >= 0.3 is 0 Å². The van der Waals surface area contributed by atoms with E-state index in [0.717, 1.165) is 13.0 Å². The first-order chi connectivity index (χ1) is 10.3. The summed E-state index contributed by atoms with van der Waals surface area (Å²) < 4.78 is 0. The third kappa shape index (κ3) is 3.97. The molecule has 1 aliphatic carbocycles. The molecule has 21 heavy (non-hydrogen) atoms. The lowest BCUT2D eigenvalue weighted by Gasteiger charge is -2.39. The van der Waals surface area contributed by atoms with Crippen LogP contribution < -0.4 is 5.32 Å². The number of nitrogens with one attached hydrogen (secondary N) is 1. The van der Waals surface area contributed by atoms with E-state index in [-0.39, 0.29) is 0 Å². The van der Waals surface area contributed by atoms with Crippen molar-refractivity contribution in [1.29, 1.82) is 0 Å². The maximum Gasteiger partial charge on any atom is 0.0164 e. The second-order valence-corrected chi connectivity index (χ2v) is 6.46. The fraction of sp³-hybridized carbons (Fsp3) is 0.600. The maximum atomic E-state index is 3.88. The second-order valence-electron chi connectivity index (χ2n) is 6.46. The average Bonchev–Trinajstić information content (AvgIpc) is 3.02. The normalized spacial score (nSPS) is 18.5. The molecule has 116 valence electrons. The highest BCUT2D eigenvalue weighted by Gasteiger charge is 2.41. The molecule has 0 radical (unpaired) electrons. The summed E-state index contributed by atoms with van der Waals surface area (Å²) in [6.07, 6.45) is 12.3. The zero-order chi connectivity index (χ0) is 15.0. The Hall–Kier alpha value is -1.08. The van der Waals surface area contributed by atoms with E-state index in [0.29, 0.717) is 11.5 Å². The smallest absolute Gasteiger partial charge is 0.0164 e. The van der Waals surface area contributed by atoms with Crippen LogP contribution in [0.3, 0.4) is 0 Å². The van der Waals surface area contributed by atoms with Gasteiger partial charge in [-0.2, -0.15) is 0 Å². The lowest BCUT2D eigenvalue weighted by atomic mass is 9.71. The first-order valence-electron chi connectivity index (χ1n) is 8.73. The van der Waals surface area contributed by atoms with Gasteiger partial charge in [0.25, 0.3) is 0 Å². The highest BCUT2D eigenvalue weighted by Crippen LogP contribution is 2.45. The minimum atomic E-state index is 0.359. The summed E-state index contributed by atoms with van der Waals surface area (Å²) in [5.74, 6) is 0. The zero-order valence-electron chi connectivity index (χ0n) is 13.6. The van der Waals surface area contributed by atoms with E-state index >= 15 is 0 Å². The number of rotatable bonds is 9. The summed E-state index contributed by atoms with van der Waals surface area (Å²) in [5, 5.41) is 3.88. The average molecular weight is 285 g/mol. The molecule has 1 heteroatoms. The van der Waals surface area contributed by atoms with Gasteiger partial charge < -0.3 is 5.32 Å². The van der Waals surface area contributed by atoms with Crippen LogP contribution in [0.2, 0.25) is 0 Å². The lowest BCUT2D eigenvalue weighted by Crippen LogP contribution is -2.47. The number of hydrogen-bond acceptors (Lipinski definition) is 1. The fourth-order valence-electron chi connectivity index (χ4n) is 3.97. The molecule has 1 aromatic rings. The number of unbranched alkanes of at least 4 members (excludes halogenated alkanes) is 1. The molecule has 1 unspecified atom stereocenters. The third-order valence-electron chi connectivity index (χ3n) is 5.05. The molecule has 0 spiro atoms. The minimum Gasteiger partial charge on any atom is -0.313 e. The fourth-order valence-corrected chi connectivity index (χ4v) is 3.97. The molecule has 1 atom stereocenters. The van der Waals surface area contributed by atoms with Gasteiger partial charge in [0.05, 0.1) is 0 Å². The monoisotopic (exact) mass is 285 g/mol. The molecule has 1 fully saturated rings. The minimum absolute atomic E-state index is 0.359. The Kier molecular flexibility index (Phi) is 6.50. The van der Waals surface area contributed by atoms with Crippen LogP contribution in [0.4, 0.5) is 0 Å². The van der Waals surface area contributed by atoms with Crippen molar-refractivity contribution in [3.8, 4) is 0 Å². The van der Waals surface area contributed by atoms with Gasteiger partial charge in [0, 0.05) is 11.5 Å². The Bertz CT molecular complexity index is 403. The molecular weight excluding hydrogens is 254 g/mol. The summed E-state index contributed by atoms with van der Waals surface area (Å²) >= 11 is 0. The van der Waals surface area contributed by atoms with E-state index in [1.54, 1.807) is 5.56 Å². The molecule has 1 aromatic carbocycles. The van der Waals surface area contributed by atoms with Crippen molar-refractivity contribution in [2.45, 2.75) is 69.7 Å². The van der Waals surface area contributed by atoms with E-state index < -0.39 is 0 Å². The van der Waals surface area contributed by atoms with Crippen molar-refractivity contribution in [2.75, 3.05) is 6.54 Å². The van der Waals surface area contributed by atoms with Gasteiger partial charge in [0.1, 0.15) is 0 Å². The van der Waals surface area contributed by atoms with Crippen LogP contribution in [0, 0.1) is 0 Å². The second kappa shape index (κ2) is 8.38. The molecule has 2 rings (SSSR count). The van der Waals surface area contributed by atoms with Gasteiger partial charge in [-0.1, -0.05) is 56.2 Å². The van der Waals surface area contributed by atoms with Crippen molar-refractivity contribution in [3.63, 3.8) is 0 Å². The van der Waals surface area contributed by atoms with Crippen molar-refractivity contribution in [1.82, 2.24) is 5.32 Å². The van der Waals surface area contributed by atoms with Gasteiger partial charge in [-0.05, 0) is 50.6 Å². The number of benzene rings is 1. The predicted molar refractivity (Wildman–Crippen MR) is 92.7 cm³/mol. The van der Waals surface area contributed by atoms with E-state index in [2.05, 4.69) is 55.2 Å². The maximum absolute atomic E-state index is 3.88. The molecule has 1 aliphatic rings. The number of hydrogen-bond donors (Lipinski definition) is 1. The zero-order valence-corrected chi connectivity index (χ0v) is 13.6. The van der Waals surface area contributed by atoms with E-state index in [1.807, 2.05) is 0 Å². The molecule has 0 heterocycles. The van der Waals surface area contributed by atoms with Crippen LogP contribution in [0.15, 0.2) is 43.0 Å².